The average Bonchev–Trinajstić information content (AvgIpc) is 2.38. The smallest absolute Gasteiger partial charge is 0.322 e. The van der Waals surface area contributed by atoms with E-state index in [4.69, 9.17) is 5.11 Å². The first-order valence-corrected chi connectivity index (χ1v) is 7.79. The van der Waals surface area contributed by atoms with Crippen LogP contribution in [-0.4, -0.2) is 36.4 Å². The first kappa shape index (κ1) is 14.9. The van der Waals surface area contributed by atoms with Crippen molar-refractivity contribution in [2.24, 2.45) is 0 Å². The van der Waals surface area contributed by atoms with Crippen molar-refractivity contribution in [3.8, 4) is 0 Å². The predicted molar refractivity (Wildman–Crippen MR) is 70.3 cm³/mol. The molecule has 2 rings (SSSR count). The van der Waals surface area contributed by atoms with Crippen molar-refractivity contribution in [1.82, 2.24) is 4.31 Å². The second kappa shape index (κ2) is 5.49. The molecule has 1 atom stereocenters. The Morgan fingerprint density at radius 2 is 2.10 bits per heavy atom. The van der Waals surface area contributed by atoms with Crippen molar-refractivity contribution in [2.45, 2.75) is 37.1 Å². The van der Waals surface area contributed by atoms with Gasteiger partial charge in [0.2, 0.25) is 10.0 Å². The fourth-order valence-electron chi connectivity index (χ4n) is 2.38. The molecule has 0 spiro atoms. The highest BCUT2D eigenvalue weighted by atomic mass is 32.2. The number of piperidine rings is 1. The Labute approximate surface area is 117 Å². The van der Waals surface area contributed by atoms with Gasteiger partial charge in [-0.25, -0.2) is 12.8 Å². The van der Waals surface area contributed by atoms with E-state index in [2.05, 4.69) is 0 Å². The number of carbonyl (C=O) groups is 1. The number of hydrogen-bond acceptors (Lipinski definition) is 3. The first-order chi connectivity index (χ1) is 9.34. The Morgan fingerprint density at radius 3 is 2.70 bits per heavy atom. The van der Waals surface area contributed by atoms with E-state index in [9.17, 15) is 17.6 Å². The van der Waals surface area contributed by atoms with Crippen molar-refractivity contribution >= 4 is 16.0 Å². The average molecular weight is 301 g/mol. The maximum Gasteiger partial charge on any atom is 0.322 e. The molecule has 0 aliphatic carbocycles. The standard InChI is InChI=1S/C13H16FNO4S/c1-9-5-6-12(10(14)8-9)20(18,19)15-7-3-2-4-11(15)13(16)17/h5-6,8,11H,2-4,7H2,1H3,(H,16,17). The maximum absolute atomic E-state index is 13.9. The summed E-state index contributed by atoms with van der Waals surface area (Å²) in [6, 6.07) is 2.70. The second-order valence-corrected chi connectivity index (χ2v) is 6.76. The van der Waals surface area contributed by atoms with Gasteiger partial charge in [-0.05, 0) is 43.9 Å². The van der Waals surface area contributed by atoms with Gasteiger partial charge in [0.1, 0.15) is 16.8 Å². The van der Waals surface area contributed by atoms with Crippen LogP contribution in [0.15, 0.2) is 23.1 Å². The summed E-state index contributed by atoms with van der Waals surface area (Å²) >= 11 is 0. The molecule has 0 bridgehead atoms. The van der Waals surface area contributed by atoms with E-state index >= 15 is 0 Å². The molecule has 5 nitrogen and oxygen atoms in total. The third-order valence-electron chi connectivity index (χ3n) is 3.41. The van der Waals surface area contributed by atoms with E-state index in [1.807, 2.05) is 0 Å². The molecule has 1 aliphatic heterocycles. The zero-order valence-electron chi connectivity index (χ0n) is 11.0. The van der Waals surface area contributed by atoms with Gasteiger partial charge in [-0.1, -0.05) is 6.07 Å². The normalized spacial score (nSPS) is 20.8. The summed E-state index contributed by atoms with van der Waals surface area (Å²) in [5, 5.41) is 9.13. The number of carboxylic acid groups (broad SMARTS) is 1. The third-order valence-corrected chi connectivity index (χ3v) is 5.35. The molecule has 0 amide bonds. The molecular formula is C13H16FNO4S. The van der Waals surface area contributed by atoms with Crippen LogP contribution in [0.5, 0.6) is 0 Å². The highest BCUT2D eigenvalue weighted by molar-refractivity contribution is 7.89. The Hall–Kier alpha value is -1.47. The van der Waals surface area contributed by atoms with E-state index in [1.54, 1.807) is 6.92 Å². The molecule has 110 valence electrons. The molecule has 1 N–H and O–H groups in total. The van der Waals surface area contributed by atoms with Gasteiger partial charge in [0, 0.05) is 6.54 Å². The topological polar surface area (TPSA) is 74.7 Å². The zero-order chi connectivity index (χ0) is 14.9. The molecule has 1 unspecified atom stereocenters. The Kier molecular flexibility index (Phi) is 4.10. The summed E-state index contributed by atoms with van der Waals surface area (Å²) in [7, 11) is -4.13. The van der Waals surface area contributed by atoms with E-state index in [1.165, 1.54) is 12.1 Å². The monoisotopic (exact) mass is 301 g/mol. The quantitative estimate of drug-likeness (QED) is 0.923. The summed E-state index contributed by atoms with van der Waals surface area (Å²) in [5.41, 5.74) is 0.606. The van der Waals surface area contributed by atoms with Crippen molar-refractivity contribution in [2.75, 3.05) is 6.54 Å². The number of rotatable bonds is 3. The van der Waals surface area contributed by atoms with Crippen LogP contribution in [0.3, 0.4) is 0 Å². The number of nitrogens with zero attached hydrogens (tertiary/aromatic N) is 1. The van der Waals surface area contributed by atoms with Crippen molar-refractivity contribution in [3.05, 3.63) is 29.6 Å². The molecule has 1 fully saturated rings. The number of benzene rings is 1. The van der Waals surface area contributed by atoms with Crippen molar-refractivity contribution in [3.63, 3.8) is 0 Å². The Bertz CT molecular complexity index is 629. The lowest BCUT2D eigenvalue weighted by molar-refractivity contribution is -0.142. The molecular weight excluding hydrogens is 285 g/mol. The molecule has 1 aromatic rings. The molecule has 0 radical (unpaired) electrons. The summed E-state index contributed by atoms with van der Waals surface area (Å²) < 4.78 is 39.7. The van der Waals surface area contributed by atoms with Crippen LogP contribution in [0.25, 0.3) is 0 Å². The van der Waals surface area contributed by atoms with Gasteiger partial charge in [0.05, 0.1) is 0 Å². The predicted octanol–water partition coefficient (Wildman–Crippen LogP) is 1.76. The van der Waals surface area contributed by atoms with Crippen LogP contribution in [0.1, 0.15) is 24.8 Å². The number of hydrogen-bond donors (Lipinski definition) is 1. The van der Waals surface area contributed by atoms with Crippen LogP contribution in [0.2, 0.25) is 0 Å². The number of sulfonamides is 1. The van der Waals surface area contributed by atoms with Crippen molar-refractivity contribution < 1.29 is 22.7 Å². The van der Waals surface area contributed by atoms with Gasteiger partial charge in [0.25, 0.3) is 0 Å². The van der Waals surface area contributed by atoms with Crippen LogP contribution in [0.4, 0.5) is 4.39 Å². The van der Waals surface area contributed by atoms with Crippen LogP contribution < -0.4 is 0 Å². The summed E-state index contributed by atoms with van der Waals surface area (Å²) in [6.07, 6.45) is 1.48. The molecule has 1 aliphatic rings. The van der Waals surface area contributed by atoms with E-state index in [0.717, 1.165) is 10.4 Å². The third kappa shape index (κ3) is 2.69. The Balaban J connectivity index is 2.45. The minimum atomic E-state index is -4.13. The van der Waals surface area contributed by atoms with Crippen LogP contribution >= 0.6 is 0 Å². The fourth-order valence-corrected chi connectivity index (χ4v) is 4.08. The number of halogens is 1. The SMILES string of the molecule is Cc1ccc(S(=O)(=O)N2CCCCC2C(=O)O)c(F)c1. The molecule has 0 aromatic heterocycles. The lowest BCUT2D eigenvalue weighted by Gasteiger charge is -2.31. The summed E-state index contributed by atoms with van der Waals surface area (Å²) in [6.45, 7) is 1.76. The highest BCUT2D eigenvalue weighted by Gasteiger charge is 2.38. The summed E-state index contributed by atoms with van der Waals surface area (Å²) in [5.74, 6) is -2.04. The van der Waals surface area contributed by atoms with E-state index in [0.29, 0.717) is 18.4 Å². The molecule has 0 saturated carbocycles. The lowest BCUT2D eigenvalue weighted by Crippen LogP contribution is -2.48. The largest absolute Gasteiger partial charge is 0.480 e. The zero-order valence-corrected chi connectivity index (χ0v) is 11.9. The van der Waals surface area contributed by atoms with Crippen LogP contribution in [-0.2, 0) is 14.8 Å². The molecule has 1 aromatic carbocycles. The maximum atomic E-state index is 13.9. The fraction of sp³-hybridized carbons (Fsp3) is 0.462. The van der Waals surface area contributed by atoms with Gasteiger partial charge >= 0.3 is 5.97 Å². The summed E-state index contributed by atoms with van der Waals surface area (Å²) in [4.78, 5) is 10.7. The van der Waals surface area contributed by atoms with Gasteiger partial charge in [0.15, 0.2) is 0 Å². The number of carboxylic acids is 1. The molecule has 1 saturated heterocycles. The van der Waals surface area contributed by atoms with Gasteiger partial charge in [-0.15, -0.1) is 0 Å². The Morgan fingerprint density at radius 1 is 1.40 bits per heavy atom. The number of aliphatic carboxylic acids is 1. The van der Waals surface area contributed by atoms with Crippen molar-refractivity contribution in [1.29, 1.82) is 0 Å². The first-order valence-electron chi connectivity index (χ1n) is 6.35. The molecule has 20 heavy (non-hydrogen) atoms. The van der Waals surface area contributed by atoms with Crippen LogP contribution in [0, 0.1) is 12.7 Å². The second-order valence-electron chi connectivity index (χ2n) is 4.90. The lowest BCUT2D eigenvalue weighted by atomic mass is 10.1. The number of aryl methyl sites for hydroxylation is 1. The minimum Gasteiger partial charge on any atom is -0.480 e. The highest BCUT2D eigenvalue weighted by Crippen LogP contribution is 2.27. The minimum absolute atomic E-state index is 0.104. The van der Waals surface area contributed by atoms with E-state index < -0.39 is 32.7 Å². The molecule has 1 heterocycles. The van der Waals surface area contributed by atoms with Gasteiger partial charge in [-0.2, -0.15) is 4.31 Å². The van der Waals surface area contributed by atoms with E-state index in [-0.39, 0.29) is 13.0 Å². The van der Waals surface area contributed by atoms with Gasteiger partial charge < -0.3 is 5.11 Å². The van der Waals surface area contributed by atoms with Gasteiger partial charge in [-0.3, -0.25) is 4.79 Å². The molecule has 7 heteroatoms.